The van der Waals surface area contributed by atoms with E-state index in [1.54, 1.807) is 4.68 Å². The molecule has 8 heteroatoms. The molecule has 1 aliphatic heterocycles. The molecule has 0 aliphatic carbocycles. The normalized spacial score (nSPS) is 17.6. The summed E-state index contributed by atoms with van der Waals surface area (Å²) < 4.78 is 20.9. The van der Waals surface area contributed by atoms with Crippen molar-refractivity contribution in [3.8, 4) is 0 Å². The van der Waals surface area contributed by atoms with Crippen LogP contribution in [0.4, 0.5) is 4.39 Å². The van der Waals surface area contributed by atoms with Crippen molar-refractivity contribution in [1.82, 2.24) is 25.3 Å². The number of amides is 1. The molecule has 1 atom stereocenters. The van der Waals surface area contributed by atoms with E-state index in [0.717, 1.165) is 17.6 Å². The zero-order valence-electron chi connectivity index (χ0n) is 12.1. The van der Waals surface area contributed by atoms with Gasteiger partial charge in [-0.2, -0.15) is 0 Å². The maximum Gasteiger partial charge on any atom is 0.254 e. The van der Waals surface area contributed by atoms with Crippen LogP contribution in [0.25, 0.3) is 0 Å². The topological polar surface area (TPSA) is 81.9 Å². The standard InChI is InChI=1S/C14H16FN5O2/c1-9-13-8-22-7-10(6-20(13)19-18-9)4-17-14(21)11-2-3-16-5-12(11)15/h2-3,5,10H,4,6-8H2,1H3,(H,17,21). The number of rotatable bonds is 3. The quantitative estimate of drug-likeness (QED) is 0.902. The molecule has 0 saturated carbocycles. The highest BCUT2D eigenvalue weighted by Crippen LogP contribution is 2.14. The van der Waals surface area contributed by atoms with Crippen LogP contribution in [-0.2, 0) is 17.9 Å². The zero-order valence-corrected chi connectivity index (χ0v) is 12.1. The highest BCUT2D eigenvalue weighted by Gasteiger charge is 2.21. The predicted octanol–water partition coefficient (Wildman–Crippen LogP) is 0.697. The SMILES string of the molecule is Cc1nnn2c1COCC(CNC(=O)c1ccncc1F)C2. The van der Waals surface area contributed by atoms with E-state index < -0.39 is 11.7 Å². The second-order valence-electron chi connectivity index (χ2n) is 5.25. The van der Waals surface area contributed by atoms with Crippen LogP contribution in [0.3, 0.4) is 0 Å². The number of aromatic nitrogens is 4. The van der Waals surface area contributed by atoms with Crippen molar-refractivity contribution in [3.05, 3.63) is 41.2 Å². The van der Waals surface area contributed by atoms with Gasteiger partial charge in [-0.15, -0.1) is 5.10 Å². The highest BCUT2D eigenvalue weighted by atomic mass is 19.1. The fourth-order valence-corrected chi connectivity index (χ4v) is 2.38. The van der Waals surface area contributed by atoms with Gasteiger partial charge in [-0.25, -0.2) is 9.07 Å². The van der Waals surface area contributed by atoms with E-state index in [0.29, 0.717) is 26.3 Å². The molecule has 1 N–H and O–H groups in total. The molecule has 1 aliphatic rings. The molecule has 1 unspecified atom stereocenters. The molecule has 2 aromatic rings. The summed E-state index contributed by atoms with van der Waals surface area (Å²) in [5, 5.41) is 10.8. The first-order chi connectivity index (χ1) is 10.6. The molecule has 2 aromatic heterocycles. The number of hydrogen-bond donors (Lipinski definition) is 1. The van der Waals surface area contributed by atoms with Gasteiger partial charge >= 0.3 is 0 Å². The average Bonchev–Trinajstić information content (AvgIpc) is 2.74. The minimum absolute atomic E-state index is 0.0122. The van der Waals surface area contributed by atoms with E-state index in [9.17, 15) is 9.18 Å². The molecule has 22 heavy (non-hydrogen) atoms. The lowest BCUT2D eigenvalue weighted by Crippen LogP contribution is -2.33. The molecule has 0 radical (unpaired) electrons. The Morgan fingerprint density at radius 2 is 2.45 bits per heavy atom. The lowest BCUT2D eigenvalue weighted by atomic mass is 10.1. The summed E-state index contributed by atoms with van der Waals surface area (Å²) in [6.45, 7) is 3.83. The van der Waals surface area contributed by atoms with Crippen LogP contribution in [0.15, 0.2) is 18.5 Å². The third kappa shape index (κ3) is 2.96. The highest BCUT2D eigenvalue weighted by molar-refractivity contribution is 5.94. The Kier molecular flexibility index (Phi) is 4.10. The van der Waals surface area contributed by atoms with Crippen molar-refractivity contribution in [3.63, 3.8) is 0 Å². The maximum absolute atomic E-state index is 13.5. The number of aryl methyl sites for hydroxylation is 1. The maximum atomic E-state index is 13.5. The van der Waals surface area contributed by atoms with Crippen molar-refractivity contribution in [2.24, 2.45) is 5.92 Å². The molecular formula is C14H16FN5O2. The monoisotopic (exact) mass is 305 g/mol. The number of pyridine rings is 1. The molecule has 7 nitrogen and oxygen atoms in total. The van der Waals surface area contributed by atoms with Gasteiger partial charge in [0.15, 0.2) is 5.82 Å². The van der Waals surface area contributed by atoms with Crippen molar-refractivity contribution in [2.45, 2.75) is 20.1 Å². The molecule has 0 fully saturated rings. The fraction of sp³-hybridized carbons (Fsp3) is 0.429. The van der Waals surface area contributed by atoms with Gasteiger partial charge < -0.3 is 10.1 Å². The van der Waals surface area contributed by atoms with Crippen LogP contribution >= 0.6 is 0 Å². The number of halogens is 1. The van der Waals surface area contributed by atoms with Crippen molar-refractivity contribution >= 4 is 5.91 Å². The van der Waals surface area contributed by atoms with Crippen LogP contribution in [-0.4, -0.2) is 39.0 Å². The minimum Gasteiger partial charge on any atom is -0.375 e. The van der Waals surface area contributed by atoms with Crippen LogP contribution in [0.2, 0.25) is 0 Å². The number of nitrogens with one attached hydrogen (secondary N) is 1. The smallest absolute Gasteiger partial charge is 0.254 e. The first-order valence-corrected chi connectivity index (χ1v) is 6.99. The third-order valence-corrected chi connectivity index (χ3v) is 3.62. The minimum atomic E-state index is -0.633. The van der Waals surface area contributed by atoms with E-state index >= 15 is 0 Å². The Bertz CT molecular complexity index is 688. The molecule has 0 aromatic carbocycles. The fourth-order valence-electron chi connectivity index (χ4n) is 2.38. The lowest BCUT2D eigenvalue weighted by molar-refractivity contribution is 0.0848. The summed E-state index contributed by atoms with van der Waals surface area (Å²) in [6.07, 6.45) is 2.41. The number of ether oxygens (including phenoxy) is 1. The summed E-state index contributed by atoms with van der Waals surface area (Å²) in [5.74, 6) is -1.04. The molecule has 3 heterocycles. The van der Waals surface area contributed by atoms with Gasteiger partial charge in [0.1, 0.15) is 0 Å². The van der Waals surface area contributed by atoms with Gasteiger partial charge in [-0.05, 0) is 13.0 Å². The van der Waals surface area contributed by atoms with Gasteiger partial charge in [-0.1, -0.05) is 5.21 Å². The molecule has 3 rings (SSSR count). The second kappa shape index (κ2) is 6.18. The van der Waals surface area contributed by atoms with Crippen molar-refractivity contribution < 1.29 is 13.9 Å². The largest absolute Gasteiger partial charge is 0.375 e. The first kappa shape index (κ1) is 14.6. The average molecular weight is 305 g/mol. The Balaban J connectivity index is 1.62. The van der Waals surface area contributed by atoms with Crippen LogP contribution in [0, 0.1) is 18.7 Å². The molecule has 1 amide bonds. The molecule has 0 saturated heterocycles. The number of hydrogen-bond acceptors (Lipinski definition) is 5. The van der Waals surface area contributed by atoms with Crippen LogP contribution < -0.4 is 5.32 Å². The van der Waals surface area contributed by atoms with Crippen molar-refractivity contribution in [1.29, 1.82) is 0 Å². The molecule has 0 bridgehead atoms. The summed E-state index contributed by atoms with van der Waals surface area (Å²) in [5.41, 5.74) is 1.79. The van der Waals surface area contributed by atoms with Crippen LogP contribution in [0.5, 0.6) is 0 Å². The van der Waals surface area contributed by atoms with Gasteiger partial charge in [0.05, 0.1) is 36.4 Å². The van der Waals surface area contributed by atoms with E-state index in [-0.39, 0.29) is 11.5 Å². The molecular weight excluding hydrogens is 289 g/mol. The van der Waals surface area contributed by atoms with Gasteiger partial charge in [0, 0.05) is 25.2 Å². The van der Waals surface area contributed by atoms with E-state index in [1.807, 2.05) is 6.92 Å². The summed E-state index contributed by atoms with van der Waals surface area (Å²) in [6, 6.07) is 1.35. The summed E-state index contributed by atoms with van der Waals surface area (Å²) >= 11 is 0. The second-order valence-corrected chi connectivity index (χ2v) is 5.25. The van der Waals surface area contributed by atoms with Crippen LogP contribution in [0.1, 0.15) is 21.7 Å². The Morgan fingerprint density at radius 1 is 1.59 bits per heavy atom. The zero-order chi connectivity index (χ0) is 15.5. The Labute approximate surface area is 126 Å². The first-order valence-electron chi connectivity index (χ1n) is 6.99. The summed E-state index contributed by atoms with van der Waals surface area (Å²) in [7, 11) is 0. The van der Waals surface area contributed by atoms with E-state index in [1.165, 1.54) is 12.3 Å². The number of fused-ring (bicyclic) bond motifs is 1. The van der Waals surface area contributed by atoms with Crippen molar-refractivity contribution in [2.75, 3.05) is 13.2 Å². The van der Waals surface area contributed by atoms with Gasteiger partial charge in [0.2, 0.25) is 0 Å². The number of carbonyl (C=O) groups is 1. The molecule has 116 valence electrons. The van der Waals surface area contributed by atoms with E-state index in [4.69, 9.17) is 4.74 Å². The third-order valence-electron chi connectivity index (χ3n) is 3.62. The lowest BCUT2D eigenvalue weighted by Gasteiger charge is -2.15. The number of carbonyl (C=O) groups excluding carboxylic acids is 1. The van der Waals surface area contributed by atoms with E-state index in [2.05, 4.69) is 20.6 Å². The van der Waals surface area contributed by atoms with Gasteiger partial charge in [0.25, 0.3) is 5.91 Å². The Hall–Kier alpha value is -2.35. The predicted molar refractivity (Wildman–Crippen MR) is 74.4 cm³/mol. The molecule has 0 spiro atoms. The number of nitrogens with zero attached hydrogens (tertiary/aromatic N) is 4. The Morgan fingerprint density at radius 3 is 3.27 bits per heavy atom. The van der Waals surface area contributed by atoms with Gasteiger partial charge in [-0.3, -0.25) is 9.78 Å². The summed E-state index contributed by atoms with van der Waals surface area (Å²) in [4.78, 5) is 15.6.